The van der Waals surface area contributed by atoms with Crippen molar-refractivity contribution in [2.45, 2.75) is 19.9 Å². The van der Waals surface area contributed by atoms with E-state index in [0.717, 1.165) is 12.1 Å². The zero-order valence-corrected chi connectivity index (χ0v) is 10.4. The van der Waals surface area contributed by atoms with Crippen LogP contribution in [0, 0.1) is 5.82 Å². The molecule has 3 N–H and O–H groups in total. The quantitative estimate of drug-likeness (QED) is 0.758. The first kappa shape index (κ1) is 14.6. The minimum absolute atomic E-state index is 0.0539. The molecule has 102 valence electrons. The van der Waals surface area contributed by atoms with Gasteiger partial charge in [-0.1, -0.05) is 0 Å². The predicted molar refractivity (Wildman–Crippen MR) is 65.3 cm³/mol. The highest BCUT2D eigenvalue weighted by Gasteiger charge is 2.16. The number of aliphatic carboxylic acids is 1. The molecule has 0 saturated heterocycles. The average Bonchev–Trinajstić information content (AvgIpc) is 2.31. The molecule has 19 heavy (non-hydrogen) atoms. The van der Waals surface area contributed by atoms with Crippen LogP contribution in [0.5, 0.6) is 0 Å². The summed E-state index contributed by atoms with van der Waals surface area (Å²) in [6.45, 7) is 2.51. The molecule has 0 saturated carbocycles. The van der Waals surface area contributed by atoms with Crippen LogP contribution in [0.2, 0.25) is 0 Å². The first-order chi connectivity index (χ1) is 8.81. The first-order valence-electron chi connectivity index (χ1n) is 5.42. The third-order valence-electron chi connectivity index (χ3n) is 2.26. The third-order valence-corrected chi connectivity index (χ3v) is 2.26. The van der Waals surface area contributed by atoms with E-state index in [9.17, 15) is 18.8 Å². The van der Waals surface area contributed by atoms with Gasteiger partial charge in [0, 0.05) is 12.5 Å². The number of benzene rings is 1. The lowest BCUT2D eigenvalue weighted by atomic mass is 10.1. The van der Waals surface area contributed by atoms with Gasteiger partial charge in [0.1, 0.15) is 11.9 Å². The largest absolute Gasteiger partial charge is 0.480 e. The topological polar surface area (TPSA) is 95.5 Å². The number of halogens is 1. The maximum atomic E-state index is 13.3. The van der Waals surface area contributed by atoms with E-state index < -0.39 is 29.6 Å². The molecule has 1 rings (SSSR count). The maximum Gasteiger partial charge on any atom is 0.325 e. The second kappa shape index (κ2) is 5.94. The zero-order valence-electron chi connectivity index (χ0n) is 10.4. The third kappa shape index (κ3) is 4.06. The minimum Gasteiger partial charge on any atom is -0.480 e. The molecule has 1 aromatic carbocycles. The van der Waals surface area contributed by atoms with Crippen LogP contribution in [0.1, 0.15) is 24.2 Å². The van der Waals surface area contributed by atoms with Crippen molar-refractivity contribution in [2.24, 2.45) is 0 Å². The van der Waals surface area contributed by atoms with Crippen LogP contribution in [0.15, 0.2) is 18.2 Å². The smallest absolute Gasteiger partial charge is 0.325 e. The highest BCUT2D eigenvalue weighted by atomic mass is 19.1. The number of hydrogen-bond donors (Lipinski definition) is 3. The Bertz CT molecular complexity index is 530. The number of rotatable bonds is 4. The summed E-state index contributed by atoms with van der Waals surface area (Å²) in [6.07, 6.45) is 0. The molecule has 0 spiro atoms. The molecule has 0 aromatic heterocycles. The maximum absolute atomic E-state index is 13.3. The lowest BCUT2D eigenvalue weighted by Crippen LogP contribution is -2.38. The lowest BCUT2D eigenvalue weighted by Gasteiger charge is -2.10. The Labute approximate surface area is 108 Å². The molecule has 0 bridgehead atoms. The number of anilines is 1. The van der Waals surface area contributed by atoms with Gasteiger partial charge in [-0.15, -0.1) is 0 Å². The number of carboxylic acids is 1. The van der Waals surface area contributed by atoms with Crippen molar-refractivity contribution in [3.8, 4) is 0 Å². The van der Waals surface area contributed by atoms with E-state index >= 15 is 0 Å². The summed E-state index contributed by atoms with van der Waals surface area (Å²) in [5.41, 5.74) is -0.0821. The summed E-state index contributed by atoms with van der Waals surface area (Å²) in [7, 11) is 0. The van der Waals surface area contributed by atoms with E-state index in [2.05, 4.69) is 10.6 Å². The van der Waals surface area contributed by atoms with E-state index in [1.165, 1.54) is 19.9 Å². The molecule has 0 radical (unpaired) electrons. The Morgan fingerprint density at radius 1 is 1.32 bits per heavy atom. The molecule has 1 atom stereocenters. The van der Waals surface area contributed by atoms with Crippen LogP contribution >= 0.6 is 0 Å². The van der Waals surface area contributed by atoms with E-state index in [1.54, 1.807) is 0 Å². The molecule has 1 unspecified atom stereocenters. The van der Waals surface area contributed by atoms with Gasteiger partial charge in [-0.2, -0.15) is 0 Å². The van der Waals surface area contributed by atoms with Gasteiger partial charge >= 0.3 is 5.97 Å². The standard InChI is InChI=1S/C12H13FN2O4/c1-6(12(18)19)14-11(17)8-3-4-9(13)10(5-8)15-7(2)16/h3-6H,1-2H3,(H,14,17)(H,15,16)(H,18,19). The van der Waals surface area contributed by atoms with Crippen molar-refractivity contribution in [1.82, 2.24) is 5.32 Å². The van der Waals surface area contributed by atoms with Crippen molar-refractivity contribution in [3.63, 3.8) is 0 Å². The second-order valence-corrected chi connectivity index (χ2v) is 3.91. The van der Waals surface area contributed by atoms with Crippen LogP contribution in [0.4, 0.5) is 10.1 Å². The molecule has 6 nitrogen and oxygen atoms in total. The van der Waals surface area contributed by atoms with Crippen molar-refractivity contribution >= 4 is 23.5 Å². The lowest BCUT2D eigenvalue weighted by molar-refractivity contribution is -0.138. The van der Waals surface area contributed by atoms with Crippen LogP contribution in [0.25, 0.3) is 0 Å². The van der Waals surface area contributed by atoms with E-state index in [1.807, 2.05) is 0 Å². The van der Waals surface area contributed by atoms with Gasteiger partial charge in [0.15, 0.2) is 0 Å². The number of nitrogens with one attached hydrogen (secondary N) is 2. The second-order valence-electron chi connectivity index (χ2n) is 3.91. The Balaban J connectivity index is 2.92. The van der Waals surface area contributed by atoms with E-state index in [0.29, 0.717) is 0 Å². The molecular weight excluding hydrogens is 255 g/mol. The number of amides is 2. The summed E-state index contributed by atoms with van der Waals surface area (Å²) in [5, 5.41) is 13.1. The predicted octanol–water partition coefficient (Wildman–Crippen LogP) is 0.987. The first-order valence-corrected chi connectivity index (χ1v) is 5.42. The minimum atomic E-state index is -1.18. The van der Waals surface area contributed by atoms with Crippen LogP contribution < -0.4 is 10.6 Å². The number of carbonyl (C=O) groups excluding carboxylic acids is 2. The van der Waals surface area contributed by atoms with Crippen molar-refractivity contribution < 1.29 is 23.9 Å². The van der Waals surface area contributed by atoms with Crippen molar-refractivity contribution in [3.05, 3.63) is 29.6 Å². The summed E-state index contributed by atoms with van der Waals surface area (Å²) in [5.74, 6) is -3.01. The number of hydrogen-bond acceptors (Lipinski definition) is 3. The Hall–Kier alpha value is -2.44. The van der Waals surface area contributed by atoms with Crippen LogP contribution in [-0.4, -0.2) is 28.9 Å². The molecule has 1 aromatic rings. The molecule has 7 heteroatoms. The summed E-state index contributed by atoms with van der Waals surface area (Å²) in [4.78, 5) is 33.2. The SMILES string of the molecule is CC(=O)Nc1cc(C(=O)NC(C)C(=O)O)ccc1F. The van der Waals surface area contributed by atoms with Crippen LogP contribution in [0.3, 0.4) is 0 Å². The van der Waals surface area contributed by atoms with E-state index in [4.69, 9.17) is 5.11 Å². The summed E-state index contributed by atoms with van der Waals surface area (Å²) >= 11 is 0. The molecule has 0 fully saturated rings. The number of carboxylic acid groups (broad SMARTS) is 1. The molecule has 0 aliphatic carbocycles. The molecule has 2 amide bonds. The summed E-state index contributed by atoms with van der Waals surface area (Å²) in [6, 6.07) is 2.29. The molecule has 0 aliphatic rings. The fourth-order valence-corrected chi connectivity index (χ4v) is 1.29. The van der Waals surface area contributed by atoms with Gasteiger partial charge in [-0.3, -0.25) is 14.4 Å². The number of carbonyl (C=O) groups is 3. The van der Waals surface area contributed by atoms with Gasteiger partial charge in [0.25, 0.3) is 5.91 Å². The normalized spacial score (nSPS) is 11.5. The average molecular weight is 268 g/mol. The fourth-order valence-electron chi connectivity index (χ4n) is 1.29. The van der Waals surface area contributed by atoms with Gasteiger partial charge in [0.05, 0.1) is 5.69 Å². The monoisotopic (exact) mass is 268 g/mol. The van der Waals surface area contributed by atoms with E-state index in [-0.39, 0.29) is 11.3 Å². The Kier molecular flexibility index (Phi) is 4.57. The summed E-state index contributed by atoms with van der Waals surface area (Å²) < 4.78 is 13.3. The fraction of sp³-hybridized carbons (Fsp3) is 0.250. The van der Waals surface area contributed by atoms with Gasteiger partial charge in [-0.05, 0) is 25.1 Å². The van der Waals surface area contributed by atoms with Crippen molar-refractivity contribution in [1.29, 1.82) is 0 Å². The van der Waals surface area contributed by atoms with Gasteiger partial charge < -0.3 is 15.7 Å². The van der Waals surface area contributed by atoms with Gasteiger partial charge in [0.2, 0.25) is 5.91 Å². The Morgan fingerprint density at radius 2 is 1.95 bits per heavy atom. The highest BCUT2D eigenvalue weighted by molar-refractivity contribution is 5.98. The van der Waals surface area contributed by atoms with Gasteiger partial charge in [-0.25, -0.2) is 4.39 Å². The van der Waals surface area contributed by atoms with Crippen molar-refractivity contribution in [2.75, 3.05) is 5.32 Å². The zero-order chi connectivity index (χ0) is 14.6. The molecule has 0 heterocycles. The molecular formula is C12H13FN2O4. The van der Waals surface area contributed by atoms with Crippen LogP contribution in [-0.2, 0) is 9.59 Å². The Morgan fingerprint density at radius 3 is 2.47 bits per heavy atom. The highest BCUT2D eigenvalue weighted by Crippen LogP contribution is 2.16. The molecule has 0 aliphatic heterocycles.